The molecular weight excluding hydrogens is 582 g/mol. The van der Waals surface area contributed by atoms with Crippen LogP contribution in [-0.4, -0.2) is 138 Å². The Morgan fingerprint density at radius 1 is 0.733 bits per heavy atom. The van der Waals surface area contributed by atoms with Crippen LogP contribution in [0.3, 0.4) is 0 Å². The van der Waals surface area contributed by atoms with Crippen molar-refractivity contribution in [3.63, 3.8) is 0 Å². The molecule has 4 saturated carbocycles. The van der Waals surface area contributed by atoms with Crippen LogP contribution in [0.5, 0.6) is 6.01 Å². The van der Waals surface area contributed by atoms with E-state index < -0.39 is 0 Å². The van der Waals surface area contributed by atoms with Gasteiger partial charge in [0.1, 0.15) is 6.61 Å². The van der Waals surface area contributed by atoms with Crippen LogP contribution in [-0.2, 0) is 23.7 Å². The van der Waals surface area contributed by atoms with Crippen LogP contribution in [0.2, 0.25) is 0 Å². The van der Waals surface area contributed by atoms with Gasteiger partial charge in [-0.05, 0) is 68.9 Å². The van der Waals surface area contributed by atoms with Crippen LogP contribution in [0, 0.1) is 17.8 Å². The summed E-state index contributed by atoms with van der Waals surface area (Å²) in [6.07, 6.45) is 7.86. The highest BCUT2D eigenvalue weighted by atomic mass is 16.6. The zero-order chi connectivity index (χ0) is 31.2. The lowest BCUT2D eigenvalue weighted by molar-refractivity contribution is -0.0124. The fraction of sp³-hybridized carbons (Fsp3) is 0.900. The smallest absolute Gasteiger partial charge is 0.323 e. The van der Waals surface area contributed by atoms with Crippen LogP contribution < -0.4 is 15.0 Å². The highest BCUT2D eigenvalue weighted by Gasteiger charge is 2.51. The van der Waals surface area contributed by atoms with Gasteiger partial charge in [-0.2, -0.15) is 15.0 Å². The molecule has 0 aromatic carbocycles. The summed E-state index contributed by atoms with van der Waals surface area (Å²) in [4.78, 5) is 21.5. The number of rotatable bonds is 22. The van der Waals surface area contributed by atoms with Gasteiger partial charge in [-0.15, -0.1) is 0 Å². The quantitative estimate of drug-likeness (QED) is 0.0862. The minimum atomic E-state index is 0.111. The van der Waals surface area contributed by atoms with Gasteiger partial charge in [0.2, 0.25) is 11.9 Å². The molecule has 5 fully saturated rings. The zero-order valence-corrected chi connectivity index (χ0v) is 26.8. The molecule has 1 N–H and O–H groups in total. The Labute approximate surface area is 266 Å². The second kappa shape index (κ2) is 18.0. The fourth-order valence-electron chi connectivity index (χ4n) is 7.44. The molecule has 1 aromatic rings. The monoisotopic (exact) mass is 633 g/mol. The van der Waals surface area contributed by atoms with E-state index in [1.54, 1.807) is 0 Å². The Morgan fingerprint density at radius 3 is 1.78 bits per heavy atom. The van der Waals surface area contributed by atoms with Gasteiger partial charge in [0.15, 0.2) is 0 Å². The number of azide groups is 1. The summed E-state index contributed by atoms with van der Waals surface area (Å²) >= 11 is 0. The van der Waals surface area contributed by atoms with Crippen LogP contribution in [0.4, 0.5) is 11.9 Å². The molecule has 4 aliphatic carbocycles. The second-order valence-corrected chi connectivity index (χ2v) is 12.7. The number of piperazine rings is 1. The SMILES string of the molecule is CN1CCN(c2nc(NC34CC5CC(CC(C5)C3)C4)nc(OCCOCCOCCOCCOCCOCCN=[N+]=[N-])n2)CC1. The number of nitrogens with zero attached hydrogens (tertiary/aromatic N) is 8. The maximum atomic E-state index is 8.18. The molecule has 252 valence electrons. The molecule has 6 rings (SSSR count). The Hall–Kier alpha value is -2.52. The standard InChI is InChI=1S/C30H51N9O6/c1-38-3-5-39(6-4-38)28-33-27(36-30-21-24-18-25(22-30)20-26(19-24)23-30)34-29(35-28)45-17-16-44-15-14-43-13-12-42-11-10-41-9-8-40-7-2-32-37-31/h24-26H,2-23H2,1H3,(H,33,34,35,36). The first-order valence-corrected chi connectivity index (χ1v) is 16.6. The topological polar surface area (TPSA) is 161 Å². The maximum absolute atomic E-state index is 8.18. The summed E-state index contributed by atoms with van der Waals surface area (Å²) in [6, 6.07) is 0.352. The molecule has 0 atom stereocenters. The van der Waals surface area contributed by atoms with Gasteiger partial charge in [0.05, 0.1) is 66.1 Å². The molecule has 0 amide bonds. The number of ether oxygens (including phenoxy) is 6. The molecule has 2 heterocycles. The van der Waals surface area contributed by atoms with Crippen molar-refractivity contribution < 1.29 is 28.4 Å². The number of nitrogens with one attached hydrogen (secondary N) is 1. The van der Waals surface area contributed by atoms with Gasteiger partial charge in [-0.25, -0.2) is 0 Å². The third-order valence-corrected chi connectivity index (χ3v) is 9.15. The summed E-state index contributed by atoms with van der Waals surface area (Å²) in [7, 11) is 2.15. The van der Waals surface area contributed by atoms with E-state index in [1.165, 1.54) is 38.5 Å². The largest absolute Gasteiger partial charge is 0.461 e. The van der Waals surface area contributed by atoms with E-state index in [4.69, 9.17) is 48.9 Å². The molecule has 45 heavy (non-hydrogen) atoms. The zero-order valence-electron chi connectivity index (χ0n) is 26.8. The highest BCUT2D eigenvalue weighted by molar-refractivity contribution is 5.41. The molecule has 4 bridgehead atoms. The maximum Gasteiger partial charge on any atom is 0.323 e. The van der Waals surface area contributed by atoms with Crippen molar-refractivity contribution in [3.05, 3.63) is 10.4 Å². The number of hydrogen-bond donors (Lipinski definition) is 1. The van der Waals surface area contributed by atoms with Crippen molar-refractivity contribution in [3.8, 4) is 6.01 Å². The minimum Gasteiger partial charge on any atom is -0.461 e. The summed E-state index contributed by atoms with van der Waals surface area (Å²) in [5.41, 5.74) is 8.30. The Morgan fingerprint density at radius 2 is 1.24 bits per heavy atom. The molecule has 15 heteroatoms. The molecule has 5 aliphatic rings. The Balaban J connectivity index is 0.954. The number of anilines is 2. The van der Waals surface area contributed by atoms with Crippen molar-refractivity contribution in [1.29, 1.82) is 0 Å². The lowest BCUT2D eigenvalue weighted by Gasteiger charge is -2.56. The molecule has 1 aliphatic heterocycles. The summed E-state index contributed by atoms with van der Waals surface area (Å²) in [5.74, 6) is 3.86. The number of hydrogen-bond acceptors (Lipinski definition) is 13. The first kappa shape index (κ1) is 33.8. The van der Waals surface area contributed by atoms with Gasteiger partial charge in [-0.1, -0.05) is 5.11 Å². The predicted octanol–water partition coefficient (Wildman–Crippen LogP) is 2.78. The van der Waals surface area contributed by atoms with Gasteiger partial charge in [0, 0.05) is 43.2 Å². The molecule has 0 unspecified atom stereocenters. The van der Waals surface area contributed by atoms with E-state index >= 15 is 0 Å². The number of aromatic nitrogens is 3. The Bertz CT molecular complexity index is 1040. The van der Waals surface area contributed by atoms with Gasteiger partial charge in [-0.3, -0.25) is 0 Å². The van der Waals surface area contributed by atoms with Crippen molar-refractivity contribution in [1.82, 2.24) is 19.9 Å². The van der Waals surface area contributed by atoms with E-state index in [-0.39, 0.29) is 5.54 Å². The van der Waals surface area contributed by atoms with Crippen LogP contribution in [0.15, 0.2) is 5.11 Å². The van der Waals surface area contributed by atoms with Crippen molar-refractivity contribution in [2.75, 3.05) is 123 Å². The average molecular weight is 634 g/mol. The third kappa shape index (κ3) is 11.1. The summed E-state index contributed by atoms with van der Waals surface area (Å²) in [5, 5.41) is 7.21. The molecule has 1 saturated heterocycles. The highest BCUT2D eigenvalue weighted by Crippen LogP contribution is 2.56. The second-order valence-electron chi connectivity index (χ2n) is 12.7. The first-order valence-electron chi connectivity index (χ1n) is 16.6. The lowest BCUT2D eigenvalue weighted by atomic mass is 9.53. The van der Waals surface area contributed by atoms with E-state index in [1.807, 2.05) is 0 Å². The van der Waals surface area contributed by atoms with Crippen LogP contribution in [0.25, 0.3) is 10.4 Å². The van der Waals surface area contributed by atoms with Crippen LogP contribution >= 0.6 is 0 Å². The van der Waals surface area contributed by atoms with Crippen molar-refractivity contribution >= 4 is 11.9 Å². The summed E-state index contributed by atoms with van der Waals surface area (Å²) < 4.78 is 33.4. The van der Waals surface area contributed by atoms with E-state index in [0.29, 0.717) is 97.1 Å². The predicted molar refractivity (Wildman–Crippen MR) is 168 cm³/mol. The molecule has 15 nitrogen and oxygen atoms in total. The lowest BCUT2D eigenvalue weighted by Crippen LogP contribution is -2.55. The average Bonchev–Trinajstić information content (AvgIpc) is 3.01. The van der Waals surface area contributed by atoms with Crippen LogP contribution in [0.1, 0.15) is 38.5 Å². The van der Waals surface area contributed by atoms with Gasteiger partial charge >= 0.3 is 6.01 Å². The fourth-order valence-corrected chi connectivity index (χ4v) is 7.44. The van der Waals surface area contributed by atoms with Gasteiger partial charge < -0.3 is 43.5 Å². The number of likely N-dealkylation sites (N-methyl/N-ethyl adjacent to an activating group) is 1. The van der Waals surface area contributed by atoms with E-state index in [9.17, 15) is 0 Å². The first-order chi connectivity index (χ1) is 22.1. The summed E-state index contributed by atoms with van der Waals surface area (Å²) in [6.45, 7) is 9.06. The molecule has 0 radical (unpaired) electrons. The Kier molecular flexibility index (Phi) is 13.5. The third-order valence-electron chi connectivity index (χ3n) is 9.15. The van der Waals surface area contributed by atoms with Crippen molar-refractivity contribution in [2.24, 2.45) is 22.9 Å². The normalized spacial score (nSPS) is 25.8. The molecule has 1 aromatic heterocycles. The van der Waals surface area contributed by atoms with Gasteiger partial charge in [0.25, 0.3) is 0 Å². The molecule has 0 spiro atoms. The van der Waals surface area contributed by atoms with Crippen molar-refractivity contribution in [2.45, 2.75) is 44.1 Å². The minimum absolute atomic E-state index is 0.111. The molecular formula is C30H51N9O6. The van der Waals surface area contributed by atoms with E-state index in [0.717, 1.165) is 43.9 Å². The van der Waals surface area contributed by atoms with E-state index in [2.05, 4.69) is 32.2 Å².